The number of benzene rings is 4. The van der Waals surface area contributed by atoms with Crippen LogP contribution in [-0.2, 0) is 9.59 Å². The molecular formula is C42H37F4NO2S2. The highest BCUT2D eigenvalue weighted by Gasteiger charge is 2.12. The van der Waals surface area contributed by atoms with Crippen LogP contribution in [0.4, 0.5) is 17.6 Å². The Morgan fingerprint density at radius 3 is 1.67 bits per heavy atom. The third-order valence-corrected chi connectivity index (χ3v) is 9.96. The van der Waals surface area contributed by atoms with Gasteiger partial charge in [-0.2, -0.15) is 5.26 Å². The lowest BCUT2D eigenvalue weighted by atomic mass is 10.0. The van der Waals surface area contributed by atoms with Crippen molar-refractivity contribution in [3.05, 3.63) is 144 Å². The van der Waals surface area contributed by atoms with E-state index in [1.807, 2.05) is 12.1 Å². The van der Waals surface area contributed by atoms with Crippen LogP contribution in [0.15, 0.2) is 120 Å². The number of nitriles is 1. The van der Waals surface area contributed by atoms with Gasteiger partial charge in [0.05, 0.1) is 5.56 Å². The summed E-state index contributed by atoms with van der Waals surface area (Å²) in [6.07, 6.45) is 8.83. The van der Waals surface area contributed by atoms with Crippen molar-refractivity contribution in [3.63, 3.8) is 0 Å². The number of halogens is 4. The first-order valence-corrected chi connectivity index (χ1v) is 18.2. The second-order valence-electron chi connectivity index (χ2n) is 11.9. The molecule has 4 rings (SSSR count). The van der Waals surface area contributed by atoms with Crippen molar-refractivity contribution in [1.29, 1.82) is 5.26 Å². The first-order valence-electron chi connectivity index (χ1n) is 16.6. The lowest BCUT2D eigenvalue weighted by Crippen LogP contribution is -1.93. The summed E-state index contributed by atoms with van der Waals surface area (Å²) in [4.78, 5) is 26.5. The lowest BCUT2D eigenvalue weighted by Gasteiger charge is -2.07. The van der Waals surface area contributed by atoms with Crippen LogP contribution >= 0.6 is 23.5 Å². The number of carbonyl (C=O) groups is 2. The summed E-state index contributed by atoms with van der Waals surface area (Å²) in [6, 6.07) is 23.6. The Balaban J connectivity index is 1.06. The molecule has 0 N–H and O–H groups in total. The molecule has 0 amide bonds. The first kappa shape index (κ1) is 39.1. The summed E-state index contributed by atoms with van der Waals surface area (Å²) in [5.41, 5.74) is 2.45. The van der Waals surface area contributed by atoms with Gasteiger partial charge in [-0.3, -0.25) is 9.59 Å². The standard InChI is InChI=1S/C42H37F4NO2S2/c1-28(24-38(44)29(2)32-12-13-34(27-47)39(45)25-32)30-14-19-35(20-15-30)50-41(48)10-8-6-4-3-5-7-9-11-42(49)51-36-21-16-31(17-22-36)33-18-23-37(43)40(46)26-33/h12-26H,1-11H2/b38-24+. The molecule has 0 saturated carbocycles. The predicted octanol–water partition coefficient (Wildman–Crippen LogP) is 12.7. The third kappa shape index (κ3) is 12.3. The van der Waals surface area contributed by atoms with E-state index in [0.717, 1.165) is 78.5 Å². The van der Waals surface area contributed by atoms with Gasteiger partial charge in [-0.15, -0.1) is 0 Å². The van der Waals surface area contributed by atoms with Crippen LogP contribution in [0, 0.1) is 28.8 Å². The zero-order chi connectivity index (χ0) is 36.8. The number of carbonyl (C=O) groups excluding carboxylic acids is 2. The van der Waals surface area contributed by atoms with Gasteiger partial charge in [0.2, 0.25) is 0 Å². The van der Waals surface area contributed by atoms with Gasteiger partial charge in [0.15, 0.2) is 21.9 Å². The summed E-state index contributed by atoms with van der Waals surface area (Å²) in [5.74, 6) is -3.20. The van der Waals surface area contributed by atoms with Crippen LogP contribution in [0.1, 0.15) is 74.5 Å². The number of thioether (sulfide) groups is 2. The maximum absolute atomic E-state index is 14.8. The number of hydrogen-bond acceptors (Lipinski definition) is 5. The molecule has 0 saturated heterocycles. The highest BCUT2D eigenvalue weighted by atomic mass is 32.2. The van der Waals surface area contributed by atoms with E-state index in [2.05, 4.69) is 13.2 Å². The molecular weight excluding hydrogens is 691 g/mol. The molecule has 3 nitrogen and oxygen atoms in total. The first-order chi connectivity index (χ1) is 24.5. The minimum absolute atomic E-state index is 0.0223. The second-order valence-corrected chi connectivity index (χ2v) is 14.2. The zero-order valence-corrected chi connectivity index (χ0v) is 29.7. The van der Waals surface area contributed by atoms with Crippen molar-refractivity contribution < 1.29 is 27.2 Å². The summed E-state index contributed by atoms with van der Waals surface area (Å²) in [6.45, 7) is 7.61. The zero-order valence-electron chi connectivity index (χ0n) is 28.0. The minimum Gasteiger partial charge on any atom is -0.287 e. The van der Waals surface area contributed by atoms with E-state index in [-0.39, 0.29) is 26.9 Å². The van der Waals surface area contributed by atoms with Gasteiger partial charge in [-0.1, -0.05) is 105 Å². The Bertz CT molecular complexity index is 1950. The van der Waals surface area contributed by atoms with Crippen LogP contribution in [0.2, 0.25) is 0 Å². The number of nitrogens with zero attached hydrogens (tertiary/aromatic N) is 1. The maximum atomic E-state index is 14.8. The molecule has 0 spiro atoms. The minimum atomic E-state index is -0.894. The molecule has 0 heterocycles. The number of unbranched alkanes of at least 4 members (excludes halogenated alkanes) is 6. The van der Waals surface area contributed by atoms with Gasteiger partial charge in [-0.05, 0) is 95.3 Å². The molecule has 0 aliphatic rings. The summed E-state index contributed by atoms with van der Waals surface area (Å²) in [5, 5.41) is 9.05. The molecule has 0 unspecified atom stereocenters. The van der Waals surface area contributed by atoms with Gasteiger partial charge in [0.25, 0.3) is 0 Å². The molecule has 9 heteroatoms. The van der Waals surface area contributed by atoms with E-state index in [9.17, 15) is 27.2 Å². The quantitative estimate of drug-likeness (QED) is 0.0469. The van der Waals surface area contributed by atoms with E-state index in [1.54, 1.807) is 42.5 Å². The van der Waals surface area contributed by atoms with E-state index in [0.29, 0.717) is 29.5 Å². The number of hydrogen-bond donors (Lipinski definition) is 0. The highest BCUT2D eigenvalue weighted by molar-refractivity contribution is 8.13. The van der Waals surface area contributed by atoms with Crippen molar-refractivity contribution in [2.75, 3.05) is 0 Å². The van der Waals surface area contributed by atoms with E-state index >= 15 is 0 Å². The molecule has 0 atom stereocenters. The van der Waals surface area contributed by atoms with Crippen LogP contribution in [0.3, 0.4) is 0 Å². The molecule has 4 aromatic rings. The maximum Gasteiger partial charge on any atom is 0.193 e. The monoisotopic (exact) mass is 727 g/mol. The van der Waals surface area contributed by atoms with E-state index in [1.165, 1.54) is 47.8 Å². The Hall–Kier alpha value is -4.65. The molecule has 0 bridgehead atoms. The smallest absolute Gasteiger partial charge is 0.193 e. The second kappa shape index (κ2) is 19.7. The van der Waals surface area contributed by atoms with Gasteiger partial charge < -0.3 is 0 Å². The molecule has 4 aromatic carbocycles. The van der Waals surface area contributed by atoms with Crippen molar-refractivity contribution in [2.24, 2.45) is 0 Å². The average molecular weight is 728 g/mol. The fourth-order valence-electron chi connectivity index (χ4n) is 5.17. The SMILES string of the molecule is C=C(/C=C(/F)C(=C)c1ccc(C#N)c(F)c1)c1ccc(SC(=O)CCCCCCCCCC(=O)Sc2ccc(-c3ccc(F)c(F)c3)cc2)cc1. The Morgan fingerprint density at radius 1 is 0.627 bits per heavy atom. The van der Waals surface area contributed by atoms with Crippen molar-refractivity contribution in [2.45, 2.75) is 67.6 Å². The van der Waals surface area contributed by atoms with Crippen LogP contribution in [-0.4, -0.2) is 10.2 Å². The molecule has 262 valence electrons. The van der Waals surface area contributed by atoms with Crippen molar-refractivity contribution >= 4 is 44.9 Å². The Labute approximate surface area is 305 Å². The van der Waals surface area contributed by atoms with Crippen LogP contribution < -0.4 is 0 Å². The molecule has 51 heavy (non-hydrogen) atoms. The van der Waals surface area contributed by atoms with Gasteiger partial charge in [-0.25, -0.2) is 17.6 Å². The topological polar surface area (TPSA) is 57.9 Å². The van der Waals surface area contributed by atoms with Crippen molar-refractivity contribution in [3.8, 4) is 17.2 Å². The van der Waals surface area contributed by atoms with Gasteiger partial charge in [0, 0.05) is 28.2 Å². The molecule has 0 aromatic heterocycles. The summed E-state index contributed by atoms with van der Waals surface area (Å²) >= 11 is 2.36. The largest absolute Gasteiger partial charge is 0.287 e. The predicted molar refractivity (Wildman–Crippen MR) is 200 cm³/mol. The van der Waals surface area contributed by atoms with Crippen molar-refractivity contribution in [1.82, 2.24) is 0 Å². The third-order valence-electron chi connectivity index (χ3n) is 8.08. The number of allylic oxidation sites excluding steroid dienone is 4. The van der Waals surface area contributed by atoms with E-state index < -0.39 is 23.3 Å². The molecule has 0 aliphatic carbocycles. The average Bonchev–Trinajstić information content (AvgIpc) is 3.12. The van der Waals surface area contributed by atoms with Crippen LogP contribution in [0.25, 0.3) is 22.3 Å². The van der Waals surface area contributed by atoms with Gasteiger partial charge >= 0.3 is 0 Å². The highest BCUT2D eigenvalue weighted by Crippen LogP contribution is 2.30. The number of rotatable bonds is 17. The Morgan fingerprint density at radius 2 is 1.14 bits per heavy atom. The molecule has 0 radical (unpaired) electrons. The molecule has 0 aliphatic heterocycles. The molecule has 0 fully saturated rings. The van der Waals surface area contributed by atoms with Crippen LogP contribution in [0.5, 0.6) is 0 Å². The van der Waals surface area contributed by atoms with E-state index in [4.69, 9.17) is 5.26 Å². The Kier molecular flexibility index (Phi) is 15.1. The fourth-order valence-corrected chi connectivity index (χ4v) is 6.73. The summed E-state index contributed by atoms with van der Waals surface area (Å²) < 4.78 is 55.5. The van der Waals surface area contributed by atoms with Gasteiger partial charge in [0.1, 0.15) is 17.7 Å². The normalized spacial score (nSPS) is 11.2. The summed E-state index contributed by atoms with van der Waals surface area (Å²) in [7, 11) is 0. The lowest BCUT2D eigenvalue weighted by molar-refractivity contribution is -0.111. The fraction of sp³-hybridized carbons (Fsp3) is 0.214.